The third-order valence-corrected chi connectivity index (χ3v) is 7.14. The molecule has 0 saturated heterocycles. The lowest BCUT2D eigenvalue weighted by atomic mass is 9.98. The summed E-state index contributed by atoms with van der Waals surface area (Å²) in [6.07, 6.45) is 8.79. The Morgan fingerprint density at radius 1 is 0.900 bits per heavy atom. The van der Waals surface area contributed by atoms with Crippen LogP contribution in [0.3, 0.4) is 0 Å². The maximum Gasteiger partial charge on any atom is 0.251 e. The Kier molecular flexibility index (Phi) is 10.7. The van der Waals surface area contributed by atoms with E-state index in [2.05, 4.69) is 15.6 Å². The zero-order valence-electron chi connectivity index (χ0n) is 22.9. The summed E-state index contributed by atoms with van der Waals surface area (Å²) in [5.74, 6) is -0.0205. The zero-order valence-corrected chi connectivity index (χ0v) is 22.9. The Morgan fingerprint density at radius 2 is 1.75 bits per heavy atom. The number of aryl methyl sites for hydroxylation is 1. The first-order chi connectivity index (χ1) is 19.5. The average Bonchev–Trinajstić information content (AvgIpc) is 2.97. The second-order valence-corrected chi connectivity index (χ2v) is 10.2. The molecule has 3 aromatic rings. The molecular weight excluding hydrogens is 504 g/mol. The predicted molar refractivity (Wildman–Crippen MR) is 155 cm³/mol. The molecule has 0 unspecified atom stereocenters. The second-order valence-electron chi connectivity index (χ2n) is 10.2. The number of phenols is 1. The number of carbonyl (C=O) groups excluding carboxylic acids is 3. The molecule has 210 valence electrons. The Labute approximate surface area is 235 Å². The number of fused-ring (bicyclic) bond motifs is 5. The largest absolute Gasteiger partial charge is 0.507 e. The van der Waals surface area contributed by atoms with Crippen molar-refractivity contribution < 1.29 is 19.5 Å². The molecule has 8 nitrogen and oxygen atoms in total. The van der Waals surface area contributed by atoms with E-state index >= 15 is 0 Å². The van der Waals surface area contributed by atoms with E-state index in [4.69, 9.17) is 0 Å². The Hall–Kier alpha value is -4.20. The molecule has 1 aromatic heterocycles. The number of unbranched alkanes of at least 4 members (excludes halogenated alkanes) is 1. The predicted octanol–water partition coefficient (Wildman–Crippen LogP) is 4.27. The lowest BCUT2D eigenvalue weighted by molar-refractivity contribution is -0.132. The van der Waals surface area contributed by atoms with Crippen LogP contribution in [0.5, 0.6) is 5.75 Å². The number of benzene rings is 2. The average molecular weight is 543 g/mol. The van der Waals surface area contributed by atoms with Gasteiger partial charge in [0.25, 0.3) is 5.91 Å². The SMILES string of the molecule is O=C1CCCN(C(=O)CCCCc2cccnc2)CCCNC(=O)c2cccc(c2)-c2cc(ccc2O)CCN1. The summed E-state index contributed by atoms with van der Waals surface area (Å²) in [6.45, 7) is 1.93. The van der Waals surface area contributed by atoms with Crippen molar-refractivity contribution in [1.82, 2.24) is 20.5 Å². The van der Waals surface area contributed by atoms with Crippen molar-refractivity contribution in [3.8, 4) is 16.9 Å². The summed E-state index contributed by atoms with van der Waals surface area (Å²) in [5.41, 5.74) is 4.04. The third kappa shape index (κ3) is 8.66. The molecule has 0 atom stereocenters. The molecule has 4 rings (SSSR count). The molecule has 3 N–H and O–H groups in total. The van der Waals surface area contributed by atoms with Crippen LogP contribution in [0.25, 0.3) is 11.1 Å². The second kappa shape index (κ2) is 14.8. The van der Waals surface area contributed by atoms with E-state index < -0.39 is 0 Å². The monoisotopic (exact) mass is 542 g/mol. The Balaban J connectivity index is 1.39. The molecule has 3 amide bonds. The van der Waals surface area contributed by atoms with Gasteiger partial charge in [0, 0.05) is 62.5 Å². The van der Waals surface area contributed by atoms with Crippen molar-refractivity contribution in [2.24, 2.45) is 0 Å². The van der Waals surface area contributed by atoms with Gasteiger partial charge < -0.3 is 20.6 Å². The fraction of sp³-hybridized carbons (Fsp3) is 0.375. The number of aromatic hydroxyl groups is 1. The molecule has 0 saturated carbocycles. The first-order valence-corrected chi connectivity index (χ1v) is 14.1. The molecule has 0 fully saturated rings. The summed E-state index contributed by atoms with van der Waals surface area (Å²) in [5, 5.41) is 16.4. The van der Waals surface area contributed by atoms with Gasteiger partial charge in [-0.05, 0) is 85.5 Å². The number of nitrogens with zero attached hydrogens (tertiary/aromatic N) is 2. The van der Waals surface area contributed by atoms with Gasteiger partial charge >= 0.3 is 0 Å². The number of rotatable bonds is 5. The van der Waals surface area contributed by atoms with Crippen LogP contribution < -0.4 is 10.6 Å². The lowest BCUT2D eigenvalue weighted by Crippen LogP contribution is -2.35. The van der Waals surface area contributed by atoms with E-state index in [1.54, 1.807) is 30.5 Å². The third-order valence-electron chi connectivity index (χ3n) is 7.14. The standard InChI is InChI=1S/C32H38N4O4/c37-29-14-13-24-15-18-34-30(38)11-5-19-36(31(39)12-2-1-7-25-8-4-16-33-23-25)20-6-17-35-32(40)27-10-3-9-26(22-27)28(29)21-24/h3-4,8-10,13-14,16,21-23,37H,1-2,5-7,11-12,15,17-20H2,(H,34,38)(H,35,40). The van der Waals surface area contributed by atoms with Crippen molar-refractivity contribution in [2.45, 2.75) is 51.4 Å². The van der Waals surface area contributed by atoms with E-state index in [-0.39, 0.29) is 23.5 Å². The van der Waals surface area contributed by atoms with E-state index in [0.717, 1.165) is 30.4 Å². The van der Waals surface area contributed by atoms with Crippen molar-refractivity contribution in [2.75, 3.05) is 26.2 Å². The molecule has 8 heteroatoms. The topological polar surface area (TPSA) is 112 Å². The van der Waals surface area contributed by atoms with Crippen molar-refractivity contribution in [1.29, 1.82) is 0 Å². The minimum atomic E-state index is -0.196. The molecule has 1 aliphatic rings. The van der Waals surface area contributed by atoms with Crippen molar-refractivity contribution >= 4 is 17.7 Å². The van der Waals surface area contributed by atoms with Gasteiger partial charge in [-0.3, -0.25) is 19.4 Å². The van der Waals surface area contributed by atoms with Crippen LogP contribution in [0.1, 0.15) is 60.0 Å². The molecule has 1 aliphatic heterocycles. The Morgan fingerprint density at radius 3 is 2.60 bits per heavy atom. The molecule has 2 heterocycles. The molecule has 2 aromatic carbocycles. The number of aromatic nitrogens is 1. The fourth-order valence-corrected chi connectivity index (χ4v) is 4.91. The maximum absolute atomic E-state index is 13.1. The van der Waals surface area contributed by atoms with Crippen LogP contribution in [0.4, 0.5) is 0 Å². The van der Waals surface area contributed by atoms with Crippen LogP contribution in [0.2, 0.25) is 0 Å². The summed E-state index contributed by atoms with van der Waals surface area (Å²) in [7, 11) is 0. The highest BCUT2D eigenvalue weighted by Crippen LogP contribution is 2.30. The van der Waals surface area contributed by atoms with Gasteiger partial charge in [0.2, 0.25) is 11.8 Å². The van der Waals surface area contributed by atoms with Crippen molar-refractivity contribution in [3.63, 3.8) is 0 Å². The highest BCUT2D eigenvalue weighted by atomic mass is 16.3. The van der Waals surface area contributed by atoms with Gasteiger partial charge in [-0.2, -0.15) is 0 Å². The van der Waals surface area contributed by atoms with E-state index in [9.17, 15) is 19.5 Å². The maximum atomic E-state index is 13.1. The van der Waals surface area contributed by atoms with Gasteiger partial charge in [-0.1, -0.05) is 24.3 Å². The minimum Gasteiger partial charge on any atom is -0.507 e. The fourth-order valence-electron chi connectivity index (χ4n) is 4.91. The van der Waals surface area contributed by atoms with Crippen LogP contribution >= 0.6 is 0 Å². The number of hydrogen-bond acceptors (Lipinski definition) is 5. The van der Waals surface area contributed by atoms with Gasteiger partial charge in [-0.15, -0.1) is 0 Å². The van der Waals surface area contributed by atoms with Crippen LogP contribution in [0, 0.1) is 0 Å². The molecule has 0 spiro atoms. The lowest BCUT2D eigenvalue weighted by Gasteiger charge is -2.23. The van der Waals surface area contributed by atoms with Crippen LogP contribution in [0.15, 0.2) is 67.0 Å². The number of pyridine rings is 1. The summed E-state index contributed by atoms with van der Waals surface area (Å²) in [6, 6.07) is 16.5. The van der Waals surface area contributed by atoms with E-state index in [1.807, 2.05) is 41.4 Å². The molecule has 40 heavy (non-hydrogen) atoms. The molecular formula is C32H38N4O4. The quantitative estimate of drug-likeness (QED) is 0.417. The highest BCUT2D eigenvalue weighted by molar-refractivity contribution is 5.95. The smallest absolute Gasteiger partial charge is 0.251 e. The molecule has 0 aliphatic carbocycles. The first kappa shape index (κ1) is 28.8. The van der Waals surface area contributed by atoms with E-state index in [0.29, 0.717) is 69.4 Å². The highest BCUT2D eigenvalue weighted by Gasteiger charge is 2.15. The first-order valence-electron chi connectivity index (χ1n) is 14.1. The van der Waals surface area contributed by atoms with Gasteiger partial charge in [0.15, 0.2) is 0 Å². The number of nitrogens with one attached hydrogen (secondary N) is 2. The Bertz CT molecular complexity index is 1300. The van der Waals surface area contributed by atoms with E-state index in [1.165, 1.54) is 5.56 Å². The number of amides is 3. The van der Waals surface area contributed by atoms with Gasteiger partial charge in [0.1, 0.15) is 5.75 Å². The minimum absolute atomic E-state index is 0.0410. The van der Waals surface area contributed by atoms with Crippen LogP contribution in [-0.2, 0) is 22.4 Å². The summed E-state index contributed by atoms with van der Waals surface area (Å²) in [4.78, 5) is 44.4. The molecule has 4 bridgehead atoms. The van der Waals surface area contributed by atoms with Crippen LogP contribution in [-0.4, -0.2) is 58.9 Å². The van der Waals surface area contributed by atoms with Crippen molar-refractivity contribution in [3.05, 3.63) is 83.7 Å². The normalized spacial score (nSPS) is 15.2. The zero-order chi connectivity index (χ0) is 28.2. The number of hydrogen-bond donors (Lipinski definition) is 3. The number of phenolic OH excluding ortho intramolecular Hbond substituents is 1. The van der Waals surface area contributed by atoms with Gasteiger partial charge in [-0.25, -0.2) is 0 Å². The number of carbonyl (C=O) groups is 3. The summed E-state index contributed by atoms with van der Waals surface area (Å²) >= 11 is 0. The molecule has 0 radical (unpaired) electrons. The summed E-state index contributed by atoms with van der Waals surface area (Å²) < 4.78 is 0. The van der Waals surface area contributed by atoms with Gasteiger partial charge in [0.05, 0.1) is 0 Å².